The largest absolute Gasteiger partial charge is 0.507 e. The summed E-state index contributed by atoms with van der Waals surface area (Å²) in [7, 11) is 0. The van der Waals surface area contributed by atoms with Crippen molar-refractivity contribution in [2.75, 3.05) is 0 Å². The van der Waals surface area contributed by atoms with Gasteiger partial charge in [-0.2, -0.15) is 0 Å². The normalized spacial score (nSPS) is 11.0. The SMILES string of the molecule is Cc1cc(Br)c(N=Cc2cc(Cl)cc(C=O)c2O)c(Br)c1. The van der Waals surface area contributed by atoms with E-state index in [1.165, 1.54) is 12.3 Å². The number of aryl methyl sites for hydroxylation is 1. The van der Waals surface area contributed by atoms with Gasteiger partial charge in [0.2, 0.25) is 0 Å². The number of phenols is 1. The Balaban J connectivity index is 2.48. The summed E-state index contributed by atoms with van der Waals surface area (Å²) < 4.78 is 1.64. The number of benzene rings is 2. The lowest BCUT2D eigenvalue weighted by molar-refractivity contribution is 0.112. The summed E-state index contributed by atoms with van der Waals surface area (Å²) in [6.07, 6.45) is 2.02. The molecule has 0 aliphatic rings. The fourth-order valence-corrected chi connectivity index (χ4v) is 3.64. The topological polar surface area (TPSA) is 49.7 Å². The first kappa shape index (κ1) is 16.2. The number of aliphatic imine (C=N–C) groups is 1. The number of halogens is 3. The van der Waals surface area contributed by atoms with Crippen LogP contribution < -0.4 is 0 Å². The molecule has 3 nitrogen and oxygen atoms in total. The van der Waals surface area contributed by atoms with Crippen LogP contribution in [0.3, 0.4) is 0 Å². The Hall–Kier alpha value is -1.17. The van der Waals surface area contributed by atoms with Crippen molar-refractivity contribution in [2.24, 2.45) is 4.99 Å². The molecule has 0 saturated heterocycles. The molecule has 0 aliphatic heterocycles. The highest BCUT2D eigenvalue weighted by Gasteiger charge is 2.09. The highest BCUT2D eigenvalue weighted by molar-refractivity contribution is 9.11. The quantitative estimate of drug-likeness (QED) is 0.520. The molecule has 6 heteroatoms. The van der Waals surface area contributed by atoms with Crippen molar-refractivity contribution < 1.29 is 9.90 Å². The van der Waals surface area contributed by atoms with E-state index in [9.17, 15) is 9.90 Å². The zero-order valence-corrected chi connectivity index (χ0v) is 14.8. The van der Waals surface area contributed by atoms with E-state index in [1.807, 2.05) is 19.1 Å². The van der Waals surface area contributed by atoms with Gasteiger partial charge in [-0.1, -0.05) is 11.6 Å². The second-order valence-electron chi connectivity index (χ2n) is 4.39. The first-order valence-corrected chi connectivity index (χ1v) is 7.86. The van der Waals surface area contributed by atoms with E-state index in [1.54, 1.807) is 6.07 Å². The number of aromatic hydroxyl groups is 1. The maximum Gasteiger partial charge on any atom is 0.153 e. The molecule has 2 rings (SSSR count). The monoisotopic (exact) mass is 429 g/mol. The van der Waals surface area contributed by atoms with E-state index in [2.05, 4.69) is 36.9 Å². The lowest BCUT2D eigenvalue weighted by Gasteiger charge is -2.05. The maximum absolute atomic E-state index is 10.9. The second-order valence-corrected chi connectivity index (χ2v) is 6.53. The van der Waals surface area contributed by atoms with Crippen molar-refractivity contribution >= 4 is 61.6 Å². The minimum Gasteiger partial charge on any atom is -0.507 e. The fraction of sp³-hybridized carbons (Fsp3) is 0.0667. The molecule has 0 amide bonds. The molecule has 1 N–H and O–H groups in total. The van der Waals surface area contributed by atoms with Gasteiger partial charge in [0.1, 0.15) is 5.75 Å². The third-order valence-electron chi connectivity index (χ3n) is 2.75. The third-order valence-corrected chi connectivity index (χ3v) is 4.18. The first-order valence-electron chi connectivity index (χ1n) is 5.89. The van der Waals surface area contributed by atoms with E-state index >= 15 is 0 Å². The number of aldehydes is 1. The van der Waals surface area contributed by atoms with Crippen LogP contribution in [0.4, 0.5) is 5.69 Å². The van der Waals surface area contributed by atoms with Gasteiger partial charge >= 0.3 is 0 Å². The summed E-state index contributed by atoms with van der Waals surface area (Å²) in [6, 6.07) is 6.82. The molecule has 0 unspecified atom stereocenters. The summed E-state index contributed by atoms with van der Waals surface area (Å²) in [5.41, 5.74) is 2.28. The molecule has 0 aromatic heterocycles. The molecule has 2 aromatic carbocycles. The minimum absolute atomic E-state index is 0.131. The van der Waals surface area contributed by atoms with Crippen molar-refractivity contribution in [3.63, 3.8) is 0 Å². The number of rotatable bonds is 3. The van der Waals surface area contributed by atoms with E-state index in [0.29, 0.717) is 22.6 Å². The molecule has 0 fully saturated rings. The summed E-state index contributed by atoms with van der Waals surface area (Å²) in [5, 5.41) is 10.3. The smallest absolute Gasteiger partial charge is 0.153 e. The van der Waals surface area contributed by atoms with Gasteiger partial charge in [-0.3, -0.25) is 9.79 Å². The zero-order chi connectivity index (χ0) is 15.6. The highest BCUT2D eigenvalue weighted by Crippen LogP contribution is 2.35. The van der Waals surface area contributed by atoms with Gasteiger partial charge < -0.3 is 5.11 Å². The Morgan fingerprint density at radius 1 is 1.14 bits per heavy atom. The summed E-state index contributed by atoms with van der Waals surface area (Å²) in [4.78, 5) is 15.2. The molecule has 0 atom stereocenters. The van der Waals surface area contributed by atoms with Gasteiger partial charge in [0.15, 0.2) is 6.29 Å². The summed E-state index contributed by atoms with van der Waals surface area (Å²) in [5.74, 6) is -0.141. The highest BCUT2D eigenvalue weighted by atomic mass is 79.9. The van der Waals surface area contributed by atoms with Crippen molar-refractivity contribution in [3.05, 3.63) is 54.9 Å². The van der Waals surface area contributed by atoms with Crippen molar-refractivity contribution in [2.45, 2.75) is 6.92 Å². The van der Waals surface area contributed by atoms with Crippen LogP contribution in [0.5, 0.6) is 5.75 Å². The van der Waals surface area contributed by atoms with Crippen LogP contribution >= 0.6 is 43.5 Å². The molecular formula is C15H10Br2ClNO2. The summed E-state index contributed by atoms with van der Waals surface area (Å²) in [6.45, 7) is 1.97. The van der Waals surface area contributed by atoms with E-state index in [0.717, 1.165) is 14.5 Å². The molecule has 0 aliphatic carbocycles. The number of hydrogen-bond donors (Lipinski definition) is 1. The number of hydrogen-bond acceptors (Lipinski definition) is 3. The van der Waals surface area contributed by atoms with E-state index < -0.39 is 0 Å². The van der Waals surface area contributed by atoms with Gasteiger partial charge in [-0.15, -0.1) is 0 Å². The van der Waals surface area contributed by atoms with E-state index in [4.69, 9.17) is 11.6 Å². The van der Waals surface area contributed by atoms with Gasteiger partial charge in [-0.05, 0) is 68.6 Å². The first-order chi connectivity index (χ1) is 9.92. The van der Waals surface area contributed by atoms with Crippen LogP contribution in [0.2, 0.25) is 5.02 Å². The van der Waals surface area contributed by atoms with Crippen LogP contribution in [0.25, 0.3) is 0 Å². The third kappa shape index (κ3) is 3.73. The Morgan fingerprint density at radius 3 is 2.29 bits per heavy atom. The molecule has 0 saturated carbocycles. The number of carbonyl (C=O) groups excluding carboxylic acids is 1. The predicted molar refractivity (Wildman–Crippen MR) is 92.3 cm³/mol. The molecule has 0 radical (unpaired) electrons. The predicted octanol–water partition coefficient (Wildman–Crippen LogP) is 5.44. The summed E-state index contributed by atoms with van der Waals surface area (Å²) >= 11 is 12.8. The molecule has 2 aromatic rings. The van der Waals surface area contributed by atoms with Gasteiger partial charge in [0.05, 0.1) is 11.3 Å². The van der Waals surface area contributed by atoms with Crippen molar-refractivity contribution in [1.82, 2.24) is 0 Å². The molecule has 0 heterocycles. The lowest BCUT2D eigenvalue weighted by atomic mass is 10.1. The zero-order valence-electron chi connectivity index (χ0n) is 10.9. The molecule has 0 bridgehead atoms. The van der Waals surface area contributed by atoms with Crippen LogP contribution in [0.15, 0.2) is 38.2 Å². The second kappa shape index (κ2) is 6.73. The van der Waals surface area contributed by atoms with Crippen LogP contribution in [0.1, 0.15) is 21.5 Å². The number of phenolic OH excluding ortho intramolecular Hbond substituents is 1. The Bertz CT molecular complexity index is 722. The average molecular weight is 432 g/mol. The van der Waals surface area contributed by atoms with Crippen molar-refractivity contribution in [1.29, 1.82) is 0 Å². The van der Waals surface area contributed by atoms with Crippen LogP contribution in [-0.4, -0.2) is 17.6 Å². The number of carbonyl (C=O) groups is 1. The van der Waals surface area contributed by atoms with Gasteiger partial charge in [-0.25, -0.2) is 0 Å². The molecular weight excluding hydrogens is 421 g/mol. The van der Waals surface area contributed by atoms with Gasteiger partial charge in [0.25, 0.3) is 0 Å². The van der Waals surface area contributed by atoms with Crippen LogP contribution in [-0.2, 0) is 0 Å². The molecule has 0 spiro atoms. The van der Waals surface area contributed by atoms with E-state index in [-0.39, 0.29) is 11.3 Å². The minimum atomic E-state index is -0.141. The molecule has 108 valence electrons. The van der Waals surface area contributed by atoms with Gasteiger partial charge in [0, 0.05) is 25.7 Å². The Labute approximate surface area is 143 Å². The lowest BCUT2D eigenvalue weighted by Crippen LogP contribution is -1.89. The number of nitrogens with zero attached hydrogens (tertiary/aromatic N) is 1. The average Bonchev–Trinajstić information content (AvgIpc) is 2.40. The molecule has 21 heavy (non-hydrogen) atoms. The standard InChI is InChI=1S/C15H10Br2ClNO2/c1-8-2-12(16)14(13(17)3-8)19-6-9-4-11(18)5-10(7-20)15(9)21/h2-7,21H,1H3. The van der Waals surface area contributed by atoms with Crippen molar-refractivity contribution in [3.8, 4) is 5.75 Å². The fourth-order valence-electron chi connectivity index (χ4n) is 1.78. The Morgan fingerprint density at radius 2 is 1.71 bits per heavy atom. The maximum atomic E-state index is 10.9. The van der Waals surface area contributed by atoms with Crippen LogP contribution in [0, 0.1) is 6.92 Å². The Kier molecular flexibility index (Phi) is 5.19.